The number of morpholine rings is 1. The van der Waals surface area contributed by atoms with Gasteiger partial charge in [-0.25, -0.2) is 13.8 Å². The van der Waals surface area contributed by atoms with E-state index >= 15 is 0 Å². The van der Waals surface area contributed by atoms with E-state index in [1.807, 2.05) is 4.90 Å². The minimum Gasteiger partial charge on any atom is -0.378 e. The van der Waals surface area contributed by atoms with Gasteiger partial charge in [0.2, 0.25) is 17.8 Å². The molecule has 1 saturated carbocycles. The molecule has 9 nitrogen and oxygen atoms in total. The lowest BCUT2D eigenvalue weighted by Gasteiger charge is -2.30. The molecule has 0 unspecified atom stereocenters. The molecule has 1 saturated heterocycles. The van der Waals surface area contributed by atoms with Crippen LogP contribution >= 0.6 is 15.9 Å². The van der Waals surface area contributed by atoms with Crippen molar-refractivity contribution in [3.63, 3.8) is 0 Å². The number of nitrogens with one attached hydrogen (secondary N) is 1. The van der Waals surface area contributed by atoms with Gasteiger partial charge in [0.15, 0.2) is 5.82 Å². The summed E-state index contributed by atoms with van der Waals surface area (Å²) in [5.41, 5.74) is 0.960. The first-order valence-electron chi connectivity index (χ1n) is 12.2. The third-order valence-corrected chi connectivity index (χ3v) is 7.36. The van der Waals surface area contributed by atoms with E-state index in [2.05, 4.69) is 41.2 Å². The number of carbonyl (C=O) groups excluding carboxylic acids is 1. The monoisotopic (exact) mass is 563 g/mol. The van der Waals surface area contributed by atoms with Gasteiger partial charge >= 0.3 is 0 Å². The summed E-state index contributed by atoms with van der Waals surface area (Å²) < 4.78 is 34.8. The molecular weight excluding hydrogens is 536 g/mol. The summed E-state index contributed by atoms with van der Waals surface area (Å²) in [5, 5.41) is 3.81. The van der Waals surface area contributed by atoms with Crippen LogP contribution in [0.2, 0.25) is 0 Å². The summed E-state index contributed by atoms with van der Waals surface area (Å²) in [6.45, 7) is 2.28. The van der Waals surface area contributed by atoms with Crippen LogP contribution < -0.4 is 10.2 Å². The largest absolute Gasteiger partial charge is 0.378 e. The number of rotatable bonds is 8. The van der Waals surface area contributed by atoms with Gasteiger partial charge in [-0.15, -0.1) is 0 Å². The molecule has 0 atom stereocenters. The number of para-hydroxylation sites is 2. The van der Waals surface area contributed by atoms with Crippen molar-refractivity contribution in [3.05, 3.63) is 30.1 Å². The summed E-state index contributed by atoms with van der Waals surface area (Å²) in [6.07, 6.45) is 1.43. The molecule has 0 radical (unpaired) electrons. The molecule has 1 aliphatic carbocycles. The van der Waals surface area contributed by atoms with E-state index in [9.17, 15) is 13.6 Å². The van der Waals surface area contributed by atoms with Crippen molar-refractivity contribution in [2.45, 2.75) is 44.6 Å². The van der Waals surface area contributed by atoms with Crippen LogP contribution in [0.25, 0.3) is 17.0 Å². The molecule has 36 heavy (non-hydrogen) atoms. The molecule has 1 aliphatic heterocycles. The Balaban J connectivity index is 1.46. The third kappa shape index (κ3) is 5.49. The quantitative estimate of drug-likeness (QED) is 0.405. The number of fused-ring (bicyclic) bond motifs is 1. The minimum atomic E-state index is -2.80. The van der Waals surface area contributed by atoms with Crippen LogP contribution in [0, 0.1) is 5.92 Å². The number of imidazole rings is 1. The summed E-state index contributed by atoms with van der Waals surface area (Å²) in [4.78, 5) is 31.7. The van der Waals surface area contributed by atoms with Gasteiger partial charge in [0, 0.05) is 25.6 Å². The lowest BCUT2D eigenvalue weighted by atomic mass is 9.83. The van der Waals surface area contributed by atoms with Crippen LogP contribution in [0.3, 0.4) is 0 Å². The maximum atomic E-state index is 14.0. The second-order valence-electron chi connectivity index (χ2n) is 9.19. The van der Waals surface area contributed by atoms with E-state index in [4.69, 9.17) is 4.74 Å². The number of aromatic nitrogens is 5. The predicted octanol–water partition coefficient (Wildman–Crippen LogP) is 4.31. The minimum absolute atomic E-state index is 0.106. The Bertz CT molecular complexity index is 1210. The highest BCUT2D eigenvalue weighted by Crippen LogP contribution is 2.30. The Labute approximate surface area is 215 Å². The fourth-order valence-corrected chi connectivity index (χ4v) is 5.12. The Kier molecular flexibility index (Phi) is 7.70. The zero-order valence-electron chi connectivity index (χ0n) is 19.7. The molecule has 3 aromatic rings. The standard InChI is InChI=1S/C24H28BrF2N7O2/c25-14-17(35)13-15-5-7-16(8-6-15)28-22-30-23(33-9-11-36-12-10-33)32-24(31-22)34-19-4-2-1-3-18(19)29-21(34)20(26)27/h1-4,15-16,20H,5-14H2,(H,28,30,31,32). The second-order valence-corrected chi connectivity index (χ2v) is 9.75. The average Bonchev–Trinajstić information content (AvgIpc) is 3.30. The summed E-state index contributed by atoms with van der Waals surface area (Å²) >= 11 is 3.24. The average molecular weight is 564 g/mol. The first kappa shape index (κ1) is 24.9. The molecule has 12 heteroatoms. The molecule has 0 bridgehead atoms. The van der Waals surface area contributed by atoms with E-state index in [1.54, 1.807) is 24.3 Å². The molecule has 0 amide bonds. The Morgan fingerprint density at radius 3 is 2.50 bits per heavy atom. The third-order valence-electron chi connectivity index (χ3n) is 6.73. The molecule has 2 fully saturated rings. The lowest BCUT2D eigenvalue weighted by molar-refractivity contribution is -0.117. The Hall–Kier alpha value is -2.73. The van der Waals surface area contributed by atoms with Crippen molar-refractivity contribution < 1.29 is 18.3 Å². The van der Waals surface area contributed by atoms with Gasteiger partial charge in [-0.3, -0.25) is 9.36 Å². The van der Waals surface area contributed by atoms with Gasteiger partial charge in [0.05, 0.1) is 29.6 Å². The number of anilines is 2. The Morgan fingerprint density at radius 1 is 1.06 bits per heavy atom. The predicted molar refractivity (Wildman–Crippen MR) is 135 cm³/mol. The van der Waals surface area contributed by atoms with Gasteiger partial charge in [-0.1, -0.05) is 28.1 Å². The fraction of sp³-hybridized carbons (Fsp3) is 0.542. The zero-order chi connectivity index (χ0) is 25.1. The molecular formula is C24H28BrF2N7O2. The van der Waals surface area contributed by atoms with Crippen LogP contribution in [0.1, 0.15) is 44.4 Å². The number of hydrogen-bond donors (Lipinski definition) is 1. The van der Waals surface area contributed by atoms with E-state index in [0.717, 1.165) is 25.7 Å². The van der Waals surface area contributed by atoms with Crippen molar-refractivity contribution in [1.29, 1.82) is 0 Å². The van der Waals surface area contributed by atoms with Crippen LogP contribution in [0.4, 0.5) is 20.7 Å². The topological polar surface area (TPSA) is 98.1 Å². The number of benzene rings is 1. The molecule has 1 aromatic carbocycles. The highest BCUT2D eigenvalue weighted by molar-refractivity contribution is 9.09. The summed E-state index contributed by atoms with van der Waals surface area (Å²) in [6, 6.07) is 7.09. The van der Waals surface area contributed by atoms with E-state index in [-0.39, 0.29) is 17.8 Å². The smallest absolute Gasteiger partial charge is 0.296 e. The number of nitrogens with zero attached hydrogens (tertiary/aromatic N) is 6. The highest BCUT2D eigenvalue weighted by Gasteiger charge is 2.27. The number of halogens is 3. The van der Waals surface area contributed by atoms with Gasteiger partial charge in [-0.2, -0.15) is 15.0 Å². The van der Waals surface area contributed by atoms with Crippen LogP contribution in [-0.2, 0) is 9.53 Å². The van der Waals surface area contributed by atoms with E-state index in [1.165, 1.54) is 4.57 Å². The van der Waals surface area contributed by atoms with Crippen molar-refractivity contribution in [2.75, 3.05) is 41.9 Å². The molecule has 192 valence electrons. The molecule has 0 spiro atoms. The molecule has 1 N–H and O–H groups in total. The normalized spacial score (nSPS) is 20.7. The van der Waals surface area contributed by atoms with Gasteiger partial charge < -0.3 is 15.0 Å². The SMILES string of the molecule is O=C(CBr)CC1CCC(Nc2nc(N3CCOCC3)nc(-n3c(C(F)F)nc4ccccc43)n2)CC1. The number of alkyl halides is 3. The zero-order valence-corrected chi connectivity index (χ0v) is 21.3. The van der Waals surface area contributed by atoms with Crippen LogP contribution in [0.5, 0.6) is 0 Å². The van der Waals surface area contributed by atoms with Gasteiger partial charge in [0.1, 0.15) is 5.78 Å². The first-order valence-corrected chi connectivity index (χ1v) is 13.3. The highest BCUT2D eigenvalue weighted by atomic mass is 79.9. The van der Waals surface area contributed by atoms with Crippen LogP contribution in [0.15, 0.2) is 24.3 Å². The van der Waals surface area contributed by atoms with Gasteiger partial charge in [-0.05, 0) is 43.7 Å². The summed E-state index contributed by atoms with van der Waals surface area (Å²) in [5.74, 6) is 1.08. The second kappa shape index (κ2) is 11.1. The number of hydrogen-bond acceptors (Lipinski definition) is 8. The number of Topliss-reactive ketones (excluding diaryl/α,β-unsaturated/α-hetero) is 1. The number of ether oxygens (including phenoxy) is 1. The van der Waals surface area contributed by atoms with Crippen molar-refractivity contribution in [2.24, 2.45) is 5.92 Å². The number of carbonyl (C=O) groups is 1. The molecule has 5 rings (SSSR count). The maximum Gasteiger partial charge on any atom is 0.296 e. The van der Waals surface area contributed by atoms with Crippen molar-refractivity contribution in [3.8, 4) is 5.95 Å². The Morgan fingerprint density at radius 2 is 1.78 bits per heavy atom. The fourth-order valence-electron chi connectivity index (χ4n) is 4.89. The first-order chi connectivity index (χ1) is 17.5. The van der Waals surface area contributed by atoms with Crippen molar-refractivity contribution in [1.82, 2.24) is 24.5 Å². The molecule has 2 aromatic heterocycles. The molecule has 3 heterocycles. The van der Waals surface area contributed by atoms with E-state index < -0.39 is 12.2 Å². The van der Waals surface area contributed by atoms with E-state index in [0.29, 0.717) is 66.9 Å². The molecule has 2 aliphatic rings. The van der Waals surface area contributed by atoms with Crippen molar-refractivity contribution >= 4 is 44.6 Å². The maximum absolute atomic E-state index is 14.0. The summed E-state index contributed by atoms with van der Waals surface area (Å²) in [7, 11) is 0. The number of ketones is 1. The lowest BCUT2D eigenvalue weighted by Crippen LogP contribution is -2.38. The van der Waals surface area contributed by atoms with Gasteiger partial charge in [0.25, 0.3) is 6.43 Å². The van der Waals surface area contributed by atoms with Crippen LogP contribution in [-0.4, -0.2) is 68.0 Å².